The maximum Gasteiger partial charge on any atom is 0.255 e. The molecule has 110 valence electrons. The Morgan fingerprint density at radius 2 is 2.05 bits per heavy atom. The van der Waals surface area contributed by atoms with Gasteiger partial charge < -0.3 is 9.80 Å². The van der Waals surface area contributed by atoms with Gasteiger partial charge in [-0.3, -0.25) is 4.79 Å². The molecule has 4 nitrogen and oxygen atoms in total. The van der Waals surface area contributed by atoms with Crippen LogP contribution in [0.15, 0.2) is 34.2 Å². The van der Waals surface area contributed by atoms with Crippen molar-refractivity contribution in [2.24, 2.45) is 0 Å². The van der Waals surface area contributed by atoms with E-state index in [1.165, 1.54) is 0 Å². The lowest BCUT2D eigenvalue weighted by atomic mass is 10.2. The van der Waals surface area contributed by atoms with E-state index in [1.54, 1.807) is 11.3 Å². The lowest BCUT2D eigenvalue weighted by Crippen LogP contribution is -2.48. The third-order valence-electron chi connectivity index (χ3n) is 3.42. The Hall–Kier alpha value is -0.670. The van der Waals surface area contributed by atoms with E-state index in [0.717, 1.165) is 44.9 Å². The van der Waals surface area contributed by atoms with Gasteiger partial charge in [0, 0.05) is 45.8 Å². The first-order chi connectivity index (χ1) is 10.1. The van der Waals surface area contributed by atoms with Gasteiger partial charge in [-0.05, 0) is 56.7 Å². The molecule has 7 heteroatoms. The molecule has 0 atom stereocenters. The number of hydrogen-bond acceptors (Lipinski definition) is 4. The topological polar surface area (TPSA) is 36.4 Å². The normalized spacial score (nSPS) is 15.3. The molecule has 0 spiro atoms. The number of piperazine rings is 1. The highest BCUT2D eigenvalue weighted by Gasteiger charge is 2.24. The number of amides is 1. The zero-order chi connectivity index (χ0) is 14.8. The highest BCUT2D eigenvalue weighted by atomic mass is 127. The Morgan fingerprint density at radius 3 is 2.71 bits per heavy atom. The number of halogens is 2. The molecular formula is C14H13BrIN3OS. The van der Waals surface area contributed by atoms with Crippen molar-refractivity contribution in [3.63, 3.8) is 0 Å². The van der Waals surface area contributed by atoms with Crippen molar-refractivity contribution in [1.82, 2.24) is 9.88 Å². The van der Waals surface area contributed by atoms with Crippen LogP contribution in [-0.2, 0) is 0 Å². The first kappa shape index (κ1) is 15.2. The summed E-state index contributed by atoms with van der Waals surface area (Å²) in [5, 5.41) is 3.02. The molecule has 21 heavy (non-hydrogen) atoms. The zero-order valence-corrected chi connectivity index (χ0v) is 15.7. The summed E-state index contributed by atoms with van der Waals surface area (Å²) in [4.78, 5) is 21.1. The fourth-order valence-electron chi connectivity index (χ4n) is 2.30. The summed E-state index contributed by atoms with van der Waals surface area (Å²) in [7, 11) is 0. The molecule has 0 aliphatic carbocycles. The van der Waals surface area contributed by atoms with Crippen LogP contribution in [0.4, 0.5) is 5.13 Å². The van der Waals surface area contributed by atoms with Crippen LogP contribution in [0.3, 0.4) is 0 Å². The van der Waals surface area contributed by atoms with Crippen molar-refractivity contribution in [2.75, 3.05) is 31.1 Å². The van der Waals surface area contributed by atoms with Gasteiger partial charge in [-0.15, -0.1) is 11.3 Å². The summed E-state index contributed by atoms with van der Waals surface area (Å²) in [5.74, 6) is 0.0965. The molecule has 1 amide bonds. The van der Waals surface area contributed by atoms with E-state index in [4.69, 9.17) is 0 Å². The smallest absolute Gasteiger partial charge is 0.255 e. The number of hydrogen-bond donors (Lipinski definition) is 0. The largest absolute Gasteiger partial charge is 0.345 e. The first-order valence-electron chi connectivity index (χ1n) is 6.54. The summed E-state index contributed by atoms with van der Waals surface area (Å²) in [6.45, 7) is 3.13. The average Bonchev–Trinajstić information content (AvgIpc) is 3.03. The lowest BCUT2D eigenvalue weighted by Gasteiger charge is -2.34. The van der Waals surface area contributed by atoms with Gasteiger partial charge in [-0.1, -0.05) is 0 Å². The van der Waals surface area contributed by atoms with Crippen LogP contribution in [0.1, 0.15) is 10.4 Å². The molecular weight excluding hydrogens is 465 g/mol. The van der Waals surface area contributed by atoms with Crippen LogP contribution in [0.2, 0.25) is 0 Å². The van der Waals surface area contributed by atoms with Gasteiger partial charge in [0.05, 0.1) is 5.56 Å². The molecule has 2 heterocycles. The maximum atomic E-state index is 12.6. The van der Waals surface area contributed by atoms with Gasteiger partial charge in [0.1, 0.15) is 0 Å². The second-order valence-electron chi connectivity index (χ2n) is 4.72. The summed E-state index contributed by atoms with van der Waals surface area (Å²) in [6, 6.07) is 5.85. The maximum absolute atomic E-state index is 12.6. The summed E-state index contributed by atoms with van der Waals surface area (Å²) >= 11 is 7.34. The minimum Gasteiger partial charge on any atom is -0.345 e. The molecule has 1 aliphatic rings. The number of thiazole rings is 1. The molecule has 0 radical (unpaired) electrons. The fraction of sp³-hybridized carbons (Fsp3) is 0.286. The molecule has 1 saturated heterocycles. The molecule has 1 aromatic carbocycles. The number of carbonyl (C=O) groups is 1. The Labute approximate surface area is 149 Å². The minimum atomic E-state index is 0.0965. The van der Waals surface area contributed by atoms with Crippen molar-refractivity contribution >= 4 is 60.9 Å². The van der Waals surface area contributed by atoms with Crippen molar-refractivity contribution in [3.05, 3.63) is 43.4 Å². The van der Waals surface area contributed by atoms with Crippen molar-refractivity contribution in [1.29, 1.82) is 0 Å². The second kappa shape index (κ2) is 6.62. The predicted molar refractivity (Wildman–Crippen MR) is 97.1 cm³/mol. The van der Waals surface area contributed by atoms with Gasteiger partial charge >= 0.3 is 0 Å². The molecule has 2 aromatic rings. The van der Waals surface area contributed by atoms with Crippen LogP contribution < -0.4 is 4.90 Å². The highest BCUT2D eigenvalue weighted by Crippen LogP contribution is 2.23. The van der Waals surface area contributed by atoms with E-state index in [0.29, 0.717) is 0 Å². The molecule has 3 rings (SSSR count). The number of carbonyl (C=O) groups excluding carboxylic acids is 1. The predicted octanol–water partition coefficient (Wildman–Crippen LogP) is 3.47. The summed E-state index contributed by atoms with van der Waals surface area (Å²) < 4.78 is 1.93. The molecule has 0 N–H and O–H groups in total. The van der Waals surface area contributed by atoms with Gasteiger partial charge in [0.25, 0.3) is 5.91 Å². The Bertz CT molecular complexity index is 642. The Balaban J connectivity index is 1.69. The molecule has 0 saturated carbocycles. The van der Waals surface area contributed by atoms with E-state index in [9.17, 15) is 4.79 Å². The van der Waals surface area contributed by atoms with Crippen molar-refractivity contribution in [3.8, 4) is 0 Å². The van der Waals surface area contributed by atoms with Crippen LogP contribution in [0.25, 0.3) is 0 Å². The van der Waals surface area contributed by atoms with Crippen molar-refractivity contribution < 1.29 is 4.79 Å². The monoisotopic (exact) mass is 477 g/mol. The van der Waals surface area contributed by atoms with E-state index >= 15 is 0 Å². The molecule has 1 fully saturated rings. The minimum absolute atomic E-state index is 0.0965. The second-order valence-corrected chi connectivity index (χ2v) is 7.69. The molecule has 1 aliphatic heterocycles. The number of benzene rings is 1. The number of aromatic nitrogens is 1. The van der Waals surface area contributed by atoms with E-state index in [1.807, 2.05) is 34.7 Å². The summed E-state index contributed by atoms with van der Waals surface area (Å²) in [5.41, 5.74) is 0.740. The SMILES string of the molecule is O=C(c1cc(I)ccc1Br)N1CCN(c2nccs2)CC1. The van der Waals surface area contributed by atoms with Crippen LogP contribution >= 0.6 is 49.9 Å². The number of nitrogens with zero attached hydrogens (tertiary/aromatic N) is 3. The van der Waals surface area contributed by atoms with Crippen LogP contribution in [-0.4, -0.2) is 42.0 Å². The fourth-order valence-corrected chi connectivity index (χ4v) is 3.91. The lowest BCUT2D eigenvalue weighted by molar-refractivity contribution is 0.0746. The van der Waals surface area contributed by atoms with Gasteiger partial charge in [0.2, 0.25) is 0 Å². The Kier molecular flexibility index (Phi) is 4.80. The zero-order valence-electron chi connectivity index (χ0n) is 11.1. The van der Waals surface area contributed by atoms with Gasteiger partial charge in [0.15, 0.2) is 5.13 Å². The summed E-state index contributed by atoms with van der Waals surface area (Å²) in [6.07, 6.45) is 1.82. The van der Waals surface area contributed by atoms with Crippen LogP contribution in [0, 0.1) is 3.57 Å². The number of rotatable bonds is 2. The van der Waals surface area contributed by atoms with Crippen molar-refractivity contribution in [2.45, 2.75) is 0 Å². The quantitative estimate of drug-likeness (QED) is 0.621. The van der Waals surface area contributed by atoms with E-state index in [2.05, 4.69) is 48.4 Å². The molecule has 1 aromatic heterocycles. The van der Waals surface area contributed by atoms with Gasteiger partial charge in [-0.25, -0.2) is 4.98 Å². The van der Waals surface area contributed by atoms with E-state index < -0.39 is 0 Å². The van der Waals surface area contributed by atoms with Crippen LogP contribution in [0.5, 0.6) is 0 Å². The molecule has 0 bridgehead atoms. The Morgan fingerprint density at radius 1 is 1.29 bits per heavy atom. The first-order valence-corrected chi connectivity index (χ1v) is 9.29. The average molecular weight is 478 g/mol. The molecule has 0 unspecified atom stereocenters. The third-order valence-corrected chi connectivity index (χ3v) is 5.61. The third kappa shape index (κ3) is 3.40. The highest BCUT2D eigenvalue weighted by molar-refractivity contribution is 14.1. The van der Waals surface area contributed by atoms with E-state index in [-0.39, 0.29) is 5.91 Å². The standard InChI is InChI=1S/C14H13BrIN3OS/c15-12-2-1-10(16)9-11(12)13(20)18-4-6-19(7-5-18)14-17-3-8-21-14/h1-3,8-9H,4-7H2. The number of anilines is 1. The van der Waals surface area contributed by atoms with Gasteiger partial charge in [-0.2, -0.15) is 0 Å².